The van der Waals surface area contributed by atoms with Crippen molar-refractivity contribution < 1.29 is 9.53 Å². The minimum atomic E-state index is -0.219. The Balaban J connectivity index is 2.46. The third-order valence-electron chi connectivity index (χ3n) is 3.07. The topological polar surface area (TPSA) is 64.4 Å². The maximum atomic E-state index is 11.8. The predicted octanol–water partition coefficient (Wildman–Crippen LogP) is 2.33. The minimum absolute atomic E-state index is 0.0707. The fourth-order valence-corrected chi connectivity index (χ4v) is 1.82. The summed E-state index contributed by atoms with van der Waals surface area (Å²) >= 11 is 0. The molecular weight excluding hydrogens is 240 g/mol. The van der Waals surface area contributed by atoms with Gasteiger partial charge in [0.1, 0.15) is 0 Å². The van der Waals surface area contributed by atoms with Crippen LogP contribution in [-0.2, 0) is 16.0 Å². The van der Waals surface area contributed by atoms with Crippen molar-refractivity contribution in [1.29, 1.82) is 0 Å². The molecule has 1 aromatic rings. The molecule has 0 aliphatic carbocycles. The summed E-state index contributed by atoms with van der Waals surface area (Å²) in [4.78, 5) is 11.8. The van der Waals surface area contributed by atoms with Gasteiger partial charge in [0, 0.05) is 19.3 Å². The minimum Gasteiger partial charge on any atom is -0.380 e. The molecule has 4 nitrogen and oxygen atoms in total. The third kappa shape index (κ3) is 5.85. The van der Waals surface area contributed by atoms with Gasteiger partial charge in [0.2, 0.25) is 5.91 Å². The molecular formula is C15H24N2O2. The lowest BCUT2D eigenvalue weighted by Crippen LogP contribution is -2.28. The zero-order valence-electron chi connectivity index (χ0n) is 11.8. The first-order valence-electron chi connectivity index (χ1n) is 6.81. The first-order chi connectivity index (χ1) is 9.19. The van der Waals surface area contributed by atoms with Gasteiger partial charge in [0.25, 0.3) is 0 Å². The number of hydrogen-bond acceptors (Lipinski definition) is 3. The van der Waals surface area contributed by atoms with Crippen LogP contribution in [0.25, 0.3) is 0 Å². The molecule has 0 fully saturated rings. The Morgan fingerprint density at radius 1 is 1.37 bits per heavy atom. The summed E-state index contributed by atoms with van der Waals surface area (Å²) in [6.45, 7) is 2.53. The van der Waals surface area contributed by atoms with Gasteiger partial charge in [-0.1, -0.05) is 25.5 Å². The smallest absolute Gasteiger partial charge is 0.227 e. The standard InChI is InChI=1S/C15H24N2O2/c1-3-4-5-12-6-8-13(9-7-12)17-15(18)10-14(11-16)19-2/h6-9,14H,3-5,10-11,16H2,1-2H3,(H,17,18). The fraction of sp³-hybridized carbons (Fsp3) is 0.533. The van der Waals surface area contributed by atoms with Crippen LogP contribution < -0.4 is 11.1 Å². The fourth-order valence-electron chi connectivity index (χ4n) is 1.82. The number of nitrogens with two attached hydrogens (primary N) is 1. The number of carbonyl (C=O) groups excluding carboxylic acids is 1. The molecule has 106 valence electrons. The zero-order chi connectivity index (χ0) is 14.1. The number of benzene rings is 1. The number of amides is 1. The second-order valence-electron chi connectivity index (χ2n) is 4.65. The Hall–Kier alpha value is -1.39. The Labute approximate surface area is 115 Å². The summed E-state index contributed by atoms with van der Waals surface area (Å²) in [6.07, 6.45) is 3.53. The number of aryl methyl sites for hydroxylation is 1. The molecule has 0 aromatic heterocycles. The van der Waals surface area contributed by atoms with Gasteiger partial charge >= 0.3 is 0 Å². The Morgan fingerprint density at radius 3 is 2.58 bits per heavy atom. The van der Waals surface area contributed by atoms with Crippen molar-refractivity contribution in [2.24, 2.45) is 5.73 Å². The van der Waals surface area contributed by atoms with Crippen LogP contribution in [0.5, 0.6) is 0 Å². The van der Waals surface area contributed by atoms with Crippen LogP contribution in [0, 0.1) is 0 Å². The number of unbranched alkanes of at least 4 members (excludes halogenated alkanes) is 1. The van der Waals surface area contributed by atoms with Gasteiger partial charge in [-0.05, 0) is 30.5 Å². The van der Waals surface area contributed by atoms with Crippen LogP contribution in [0.2, 0.25) is 0 Å². The summed E-state index contributed by atoms with van der Waals surface area (Å²) < 4.78 is 5.09. The molecule has 3 N–H and O–H groups in total. The maximum Gasteiger partial charge on any atom is 0.227 e. The molecule has 1 amide bonds. The molecule has 0 radical (unpaired) electrons. The zero-order valence-corrected chi connectivity index (χ0v) is 11.8. The number of nitrogens with one attached hydrogen (secondary N) is 1. The highest BCUT2D eigenvalue weighted by atomic mass is 16.5. The van der Waals surface area contributed by atoms with E-state index in [1.165, 1.54) is 18.4 Å². The average Bonchev–Trinajstić information content (AvgIpc) is 2.44. The molecule has 0 bridgehead atoms. The molecule has 0 saturated heterocycles. The highest BCUT2D eigenvalue weighted by Crippen LogP contribution is 2.12. The van der Waals surface area contributed by atoms with E-state index in [4.69, 9.17) is 10.5 Å². The molecule has 1 unspecified atom stereocenters. The summed E-state index contributed by atoms with van der Waals surface area (Å²) in [6, 6.07) is 7.99. The van der Waals surface area contributed by atoms with Crippen LogP contribution in [0.15, 0.2) is 24.3 Å². The largest absolute Gasteiger partial charge is 0.380 e. The van der Waals surface area contributed by atoms with E-state index in [1.807, 2.05) is 12.1 Å². The predicted molar refractivity (Wildman–Crippen MR) is 78.2 cm³/mol. The van der Waals surface area contributed by atoms with Crippen LogP contribution in [0.3, 0.4) is 0 Å². The van der Waals surface area contributed by atoms with Crippen molar-refractivity contribution in [1.82, 2.24) is 0 Å². The number of rotatable bonds is 8. The third-order valence-corrected chi connectivity index (χ3v) is 3.07. The van der Waals surface area contributed by atoms with Crippen molar-refractivity contribution in [3.8, 4) is 0 Å². The lowest BCUT2D eigenvalue weighted by molar-refractivity contribution is -0.118. The lowest BCUT2D eigenvalue weighted by Gasteiger charge is -2.12. The molecule has 4 heteroatoms. The lowest BCUT2D eigenvalue weighted by atomic mass is 10.1. The Morgan fingerprint density at radius 2 is 2.05 bits per heavy atom. The molecule has 0 aliphatic rings. The summed E-state index contributed by atoms with van der Waals surface area (Å²) in [5, 5.41) is 2.85. The van der Waals surface area contributed by atoms with E-state index in [0.29, 0.717) is 6.54 Å². The van der Waals surface area contributed by atoms with Gasteiger partial charge in [-0.3, -0.25) is 4.79 Å². The molecule has 1 aromatic carbocycles. The monoisotopic (exact) mass is 264 g/mol. The number of methoxy groups -OCH3 is 1. The van der Waals surface area contributed by atoms with E-state index in [1.54, 1.807) is 7.11 Å². The molecule has 0 saturated carbocycles. The number of ether oxygens (including phenoxy) is 1. The summed E-state index contributed by atoms with van der Waals surface area (Å²) in [5.41, 5.74) is 7.61. The van der Waals surface area contributed by atoms with Crippen LogP contribution in [0.4, 0.5) is 5.69 Å². The van der Waals surface area contributed by atoms with Gasteiger partial charge in [-0.25, -0.2) is 0 Å². The van der Waals surface area contributed by atoms with Crippen molar-refractivity contribution in [2.75, 3.05) is 19.0 Å². The molecule has 1 atom stereocenters. The van der Waals surface area contributed by atoms with E-state index in [9.17, 15) is 4.79 Å². The summed E-state index contributed by atoms with van der Waals surface area (Å²) in [7, 11) is 1.56. The van der Waals surface area contributed by atoms with Gasteiger partial charge in [-0.15, -0.1) is 0 Å². The molecule has 19 heavy (non-hydrogen) atoms. The van der Waals surface area contributed by atoms with Gasteiger partial charge in [0.15, 0.2) is 0 Å². The van der Waals surface area contributed by atoms with E-state index < -0.39 is 0 Å². The van der Waals surface area contributed by atoms with E-state index >= 15 is 0 Å². The van der Waals surface area contributed by atoms with Gasteiger partial charge in [-0.2, -0.15) is 0 Å². The van der Waals surface area contributed by atoms with Crippen LogP contribution in [-0.4, -0.2) is 25.7 Å². The Kier molecular flexibility index (Phi) is 7.15. The molecule has 1 rings (SSSR count). The van der Waals surface area contributed by atoms with Crippen molar-refractivity contribution in [3.05, 3.63) is 29.8 Å². The summed E-state index contributed by atoms with van der Waals surface area (Å²) in [5.74, 6) is -0.0707. The van der Waals surface area contributed by atoms with Crippen LogP contribution >= 0.6 is 0 Å². The average molecular weight is 264 g/mol. The van der Waals surface area contributed by atoms with Crippen molar-refractivity contribution in [3.63, 3.8) is 0 Å². The van der Waals surface area contributed by atoms with Crippen molar-refractivity contribution in [2.45, 2.75) is 38.7 Å². The first kappa shape index (κ1) is 15.7. The van der Waals surface area contributed by atoms with Gasteiger partial charge in [0.05, 0.1) is 12.5 Å². The second-order valence-corrected chi connectivity index (χ2v) is 4.65. The molecule has 0 aliphatic heterocycles. The van der Waals surface area contributed by atoms with Crippen LogP contribution in [0.1, 0.15) is 31.7 Å². The van der Waals surface area contributed by atoms with Crippen molar-refractivity contribution >= 4 is 11.6 Å². The van der Waals surface area contributed by atoms with E-state index in [-0.39, 0.29) is 18.4 Å². The molecule has 0 heterocycles. The number of carbonyl (C=O) groups is 1. The Bertz CT molecular complexity index is 372. The second kappa shape index (κ2) is 8.67. The SMILES string of the molecule is CCCCc1ccc(NC(=O)CC(CN)OC)cc1. The number of anilines is 1. The first-order valence-corrected chi connectivity index (χ1v) is 6.81. The van der Waals surface area contributed by atoms with E-state index in [0.717, 1.165) is 12.1 Å². The quantitative estimate of drug-likeness (QED) is 0.757. The normalized spacial score (nSPS) is 12.2. The number of hydrogen-bond donors (Lipinski definition) is 2. The van der Waals surface area contributed by atoms with Gasteiger partial charge < -0.3 is 15.8 Å². The highest BCUT2D eigenvalue weighted by molar-refractivity contribution is 5.91. The maximum absolute atomic E-state index is 11.8. The highest BCUT2D eigenvalue weighted by Gasteiger charge is 2.11. The van der Waals surface area contributed by atoms with E-state index in [2.05, 4.69) is 24.4 Å². The molecule has 0 spiro atoms.